The highest BCUT2D eigenvalue weighted by atomic mass is 16.6. The van der Waals surface area contributed by atoms with Gasteiger partial charge in [-0.05, 0) is 12.5 Å². The van der Waals surface area contributed by atoms with E-state index in [4.69, 9.17) is 5.11 Å². The normalized spacial score (nSPS) is 12.1. The lowest BCUT2D eigenvalue weighted by molar-refractivity contribution is -0.384. The molecule has 0 aliphatic rings. The van der Waals surface area contributed by atoms with E-state index in [0.29, 0.717) is 12.1 Å². The van der Waals surface area contributed by atoms with Gasteiger partial charge in [-0.3, -0.25) is 19.8 Å². The summed E-state index contributed by atoms with van der Waals surface area (Å²) in [6.07, 6.45) is 1.61. The van der Waals surface area contributed by atoms with Crippen LogP contribution in [-0.2, 0) is 4.79 Å². The van der Waals surface area contributed by atoms with Crippen LogP contribution in [0.5, 0.6) is 0 Å². The molecule has 19 heavy (non-hydrogen) atoms. The molecule has 0 amide bonds. The number of nitro groups is 1. The minimum atomic E-state index is -0.945. The second-order valence-electron chi connectivity index (χ2n) is 4.14. The smallest absolute Gasteiger partial charge is 0.317 e. The minimum Gasteiger partial charge on any atom is -0.480 e. The molecule has 0 spiro atoms. The van der Waals surface area contributed by atoms with Crippen LogP contribution in [0.2, 0.25) is 0 Å². The fraction of sp³-hybridized carbons (Fsp3) is 0.308. The van der Waals surface area contributed by atoms with E-state index in [2.05, 4.69) is 6.58 Å². The number of carboxylic acid groups (broad SMARTS) is 1. The van der Waals surface area contributed by atoms with Crippen LogP contribution in [-0.4, -0.2) is 34.0 Å². The topological polar surface area (TPSA) is 83.7 Å². The third kappa shape index (κ3) is 4.18. The zero-order valence-corrected chi connectivity index (χ0v) is 10.7. The van der Waals surface area contributed by atoms with E-state index < -0.39 is 10.9 Å². The molecule has 0 saturated carbocycles. The Kier molecular flexibility index (Phi) is 5.20. The predicted octanol–water partition coefficient (Wildman–Crippen LogP) is 2.23. The molecule has 1 rings (SSSR count). The zero-order valence-electron chi connectivity index (χ0n) is 10.7. The largest absolute Gasteiger partial charge is 0.480 e. The molecule has 1 aromatic rings. The maximum Gasteiger partial charge on any atom is 0.317 e. The van der Waals surface area contributed by atoms with Gasteiger partial charge in [0, 0.05) is 24.7 Å². The molecule has 102 valence electrons. The molecule has 0 aromatic heterocycles. The lowest BCUT2D eigenvalue weighted by atomic mass is 10.1. The van der Waals surface area contributed by atoms with Crippen molar-refractivity contribution in [1.29, 1.82) is 0 Å². The van der Waals surface area contributed by atoms with E-state index in [9.17, 15) is 14.9 Å². The minimum absolute atomic E-state index is 0.00164. The Morgan fingerprint density at radius 1 is 1.63 bits per heavy atom. The molecule has 0 aliphatic carbocycles. The predicted molar refractivity (Wildman–Crippen MR) is 70.9 cm³/mol. The van der Waals surface area contributed by atoms with Gasteiger partial charge in [0.05, 0.1) is 11.5 Å². The zero-order chi connectivity index (χ0) is 14.4. The highest BCUT2D eigenvalue weighted by Gasteiger charge is 2.19. The molecule has 1 aromatic carbocycles. The summed E-state index contributed by atoms with van der Waals surface area (Å²) >= 11 is 0. The standard InChI is InChI=1S/C13H16N2O4/c1-3-7-14(9-13(16)17)10(2)11-5-4-6-12(8-11)15(18)19/h3-6,8,10H,1,7,9H2,2H3,(H,16,17). The van der Waals surface area contributed by atoms with Gasteiger partial charge in [-0.25, -0.2) is 0 Å². The maximum atomic E-state index is 10.8. The van der Waals surface area contributed by atoms with Crippen molar-refractivity contribution in [2.45, 2.75) is 13.0 Å². The molecule has 0 aliphatic heterocycles. The first-order valence-corrected chi connectivity index (χ1v) is 5.76. The molecular formula is C13H16N2O4. The van der Waals surface area contributed by atoms with Gasteiger partial charge in [-0.15, -0.1) is 6.58 Å². The van der Waals surface area contributed by atoms with Crippen molar-refractivity contribution in [3.63, 3.8) is 0 Å². The van der Waals surface area contributed by atoms with Crippen LogP contribution in [0, 0.1) is 10.1 Å². The van der Waals surface area contributed by atoms with Gasteiger partial charge < -0.3 is 5.11 Å². The van der Waals surface area contributed by atoms with Crippen molar-refractivity contribution >= 4 is 11.7 Å². The Bertz CT molecular complexity index is 487. The van der Waals surface area contributed by atoms with Gasteiger partial charge >= 0.3 is 5.97 Å². The summed E-state index contributed by atoms with van der Waals surface area (Å²) in [5, 5.41) is 19.6. The monoisotopic (exact) mass is 264 g/mol. The van der Waals surface area contributed by atoms with Crippen molar-refractivity contribution in [3.8, 4) is 0 Å². The lowest BCUT2D eigenvalue weighted by Crippen LogP contribution is -2.32. The Morgan fingerprint density at radius 3 is 2.84 bits per heavy atom. The van der Waals surface area contributed by atoms with Gasteiger partial charge in [0.2, 0.25) is 0 Å². The van der Waals surface area contributed by atoms with Crippen molar-refractivity contribution in [2.24, 2.45) is 0 Å². The van der Waals surface area contributed by atoms with Crippen molar-refractivity contribution in [3.05, 3.63) is 52.6 Å². The average Bonchev–Trinajstić information content (AvgIpc) is 2.37. The third-order valence-corrected chi connectivity index (χ3v) is 2.81. The number of non-ortho nitro benzene ring substituents is 1. The number of nitro benzene ring substituents is 1. The molecule has 6 heteroatoms. The molecule has 1 N–H and O–H groups in total. The second-order valence-corrected chi connectivity index (χ2v) is 4.14. The first kappa shape index (κ1) is 14.8. The number of benzene rings is 1. The summed E-state index contributed by atoms with van der Waals surface area (Å²) in [5.41, 5.74) is 0.704. The van der Waals surface area contributed by atoms with Crippen molar-refractivity contribution < 1.29 is 14.8 Å². The summed E-state index contributed by atoms with van der Waals surface area (Å²) in [6.45, 7) is 5.65. The summed E-state index contributed by atoms with van der Waals surface area (Å²) in [4.78, 5) is 22.8. The Balaban J connectivity index is 2.97. The average molecular weight is 264 g/mol. The molecule has 0 radical (unpaired) electrons. The first-order valence-electron chi connectivity index (χ1n) is 5.76. The van der Waals surface area contributed by atoms with E-state index in [1.54, 1.807) is 23.1 Å². The molecule has 0 bridgehead atoms. The Hall–Kier alpha value is -2.21. The number of carbonyl (C=O) groups is 1. The van der Waals surface area contributed by atoms with Crippen LogP contribution in [0.25, 0.3) is 0 Å². The number of nitrogens with zero attached hydrogens (tertiary/aromatic N) is 2. The summed E-state index contributed by atoms with van der Waals surface area (Å²) in [6, 6.07) is 5.97. The van der Waals surface area contributed by atoms with Crippen molar-refractivity contribution in [2.75, 3.05) is 13.1 Å². The number of carboxylic acids is 1. The summed E-state index contributed by atoms with van der Waals surface area (Å²) < 4.78 is 0. The van der Waals surface area contributed by atoms with Gasteiger partial charge in [-0.2, -0.15) is 0 Å². The van der Waals surface area contributed by atoms with Crippen LogP contribution in [0.15, 0.2) is 36.9 Å². The molecule has 0 fully saturated rings. The molecule has 6 nitrogen and oxygen atoms in total. The van der Waals surface area contributed by atoms with E-state index in [1.165, 1.54) is 12.1 Å². The van der Waals surface area contributed by atoms with Gasteiger partial charge in [0.25, 0.3) is 5.69 Å². The molecule has 1 unspecified atom stereocenters. The quantitative estimate of drug-likeness (QED) is 0.464. The van der Waals surface area contributed by atoms with Crippen LogP contribution < -0.4 is 0 Å². The van der Waals surface area contributed by atoms with Crippen molar-refractivity contribution in [1.82, 2.24) is 4.90 Å². The maximum absolute atomic E-state index is 10.8. The van der Waals surface area contributed by atoms with Gasteiger partial charge in [-0.1, -0.05) is 18.2 Å². The lowest BCUT2D eigenvalue weighted by Gasteiger charge is -2.26. The van der Waals surface area contributed by atoms with E-state index in [1.807, 2.05) is 6.92 Å². The molecular weight excluding hydrogens is 248 g/mol. The number of hydrogen-bond donors (Lipinski definition) is 1. The Labute approximate surface area is 111 Å². The molecule has 1 atom stereocenters. The molecule has 0 heterocycles. The van der Waals surface area contributed by atoms with Crippen LogP contribution >= 0.6 is 0 Å². The summed E-state index contributed by atoms with van der Waals surface area (Å²) in [5.74, 6) is -0.945. The van der Waals surface area contributed by atoms with Crippen LogP contribution in [0.4, 0.5) is 5.69 Å². The van der Waals surface area contributed by atoms with E-state index in [-0.39, 0.29) is 18.3 Å². The molecule has 0 saturated heterocycles. The number of rotatable bonds is 7. The first-order chi connectivity index (χ1) is 8.95. The Morgan fingerprint density at radius 2 is 2.32 bits per heavy atom. The van der Waals surface area contributed by atoms with Gasteiger partial charge in [0.1, 0.15) is 0 Å². The van der Waals surface area contributed by atoms with Crippen LogP contribution in [0.3, 0.4) is 0 Å². The number of hydrogen-bond acceptors (Lipinski definition) is 4. The fourth-order valence-electron chi connectivity index (χ4n) is 1.81. The second kappa shape index (κ2) is 6.65. The third-order valence-electron chi connectivity index (χ3n) is 2.81. The van der Waals surface area contributed by atoms with E-state index in [0.717, 1.165) is 0 Å². The fourth-order valence-corrected chi connectivity index (χ4v) is 1.81. The highest BCUT2D eigenvalue weighted by molar-refractivity contribution is 5.69. The highest BCUT2D eigenvalue weighted by Crippen LogP contribution is 2.23. The number of aliphatic carboxylic acids is 1. The van der Waals surface area contributed by atoms with Gasteiger partial charge in [0.15, 0.2) is 0 Å². The van der Waals surface area contributed by atoms with E-state index >= 15 is 0 Å². The van der Waals surface area contributed by atoms with Crippen LogP contribution in [0.1, 0.15) is 18.5 Å². The summed E-state index contributed by atoms with van der Waals surface area (Å²) in [7, 11) is 0. The SMILES string of the molecule is C=CCN(CC(=O)O)C(C)c1cccc([N+](=O)[O-])c1.